The minimum atomic E-state index is -1.40. The molecule has 30 heavy (non-hydrogen) atoms. The Morgan fingerprint density at radius 1 is 1.17 bits per heavy atom. The molecule has 2 aromatic carbocycles. The standard InChI is InChI=1S/C23H23NO5.Na/c1-13-18(21(23(27)28)24-20(13)19(14(2)25)22(24)26)12-29-17-10-6-9-16(11-17)15-7-4-3-5-8-15;/h3-11,13-14,19-20,25H,12H2,1-2H3,(H,27,28);/q;+1/p-1/t13-,14?,19+,20?;/m0./s1. The summed E-state index contributed by atoms with van der Waals surface area (Å²) in [6.07, 6.45) is -0.836. The van der Waals surface area contributed by atoms with Gasteiger partial charge >= 0.3 is 29.6 Å². The predicted octanol–water partition coefficient (Wildman–Crippen LogP) is -1.40. The van der Waals surface area contributed by atoms with Gasteiger partial charge in [-0.1, -0.05) is 49.4 Å². The summed E-state index contributed by atoms with van der Waals surface area (Å²) in [5.74, 6) is -2.00. The SMILES string of the molecule is CC(O)[C@H]1C(=O)N2C(C(=O)[O-])=C(COc3cccc(-c4ccccc4)c3)[C@H](C)C12.[Na+]. The van der Waals surface area contributed by atoms with Gasteiger partial charge in [-0.3, -0.25) is 4.79 Å². The summed E-state index contributed by atoms with van der Waals surface area (Å²) in [4.78, 5) is 25.4. The Morgan fingerprint density at radius 3 is 2.47 bits per heavy atom. The molecule has 0 aromatic heterocycles. The Labute approximate surface area is 197 Å². The number of ether oxygens (including phenoxy) is 1. The third-order valence-electron chi connectivity index (χ3n) is 5.84. The molecule has 4 rings (SSSR count). The fourth-order valence-corrected chi connectivity index (χ4v) is 4.38. The molecule has 1 amide bonds. The number of carbonyl (C=O) groups is 2. The van der Waals surface area contributed by atoms with Crippen LogP contribution in [0.25, 0.3) is 11.1 Å². The van der Waals surface area contributed by atoms with Gasteiger partial charge in [0.2, 0.25) is 5.91 Å². The number of benzene rings is 2. The number of carboxylic acids is 1. The van der Waals surface area contributed by atoms with Crippen LogP contribution in [0.4, 0.5) is 0 Å². The Hall–Kier alpha value is -2.12. The van der Waals surface area contributed by atoms with Gasteiger partial charge in [0.15, 0.2) is 0 Å². The first-order valence-corrected chi connectivity index (χ1v) is 9.64. The molecule has 0 saturated carbocycles. The second-order valence-corrected chi connectivity index (χ2v) is 7.60. The number of amides is 1. The maximum atomic E-state index is 12.4. The minimum absolute atomic E-state index is 0. The number of fused-ring (bicyclic) bond motifs is 1. The van der Waals surface area contributed by atoms with Crippen LogP contribution in [-0.2, 0) is 9.59 Å². The van der Waals surface area contributed by atoms with E-state index in [4.69, 9.17) is 4.74 Å². The van der Waals surface area contributed by atoms with Gasteiger partial charge < -0.3 is 24.6 Å². The third-order valence-corrected chi connectivity index (χ3v) is 5.84. The van der Waals surface area contributed by atoms with E-state index >= 15 is 0 Å². The normalized spacial score (nSPS) is 23.4. The van der Waals surface area contributed by atoms with Gasteiger partial charge in [-0.2, -0.15) is 0 Å². The Kier molecular flexibility index (Phi) is 6.72. The molecular formula is C23H22NNaO5. The molecule has 1 fully saturated rings. The predicted molar refractivity (Wildman–Crippen MR) is 104 cm³/mol. The van der Waals surface area contributed by atoms with E-state index in [0.717, 1.165) is 11.1 Å². The van der Waals surface area contributed by atoms with Crippen LogP contribution >= 0.6 is 0 Å². The van der Waals surface area contributed by atoms with Crippen LogP contribution in [0.2, 0.25) is 0 Å². The van der Waals surface area contributed by atoms with Crippen molar-refractivity contribution in [1.29, 1.82) is 0 Å². The van der Waals surface area contributed by atoms with Crippen molar-refractivity contribution in [2.24, 2.45) is 11.8 Å². The first-order chi connectivity index (χ1) is 13.9. The van der Waals surface area contributed by atoms with E-state index in [1.54, 1.807) is 6.92 Å². The van der Waals surface area contributed by atoms with Gasteiger partial charge in [0.25, 0.3) is 0 Å². The molecule has 4 atom stereocenters. The van der Waals surface area contributed by atoms with E-state index in [-0.39, 0.29) is 59.7 Å². The minimum Gasteiger partial charge on any atom is -0.543 e. The van der Waals surface area contributed by atoms with Crippen molar-refractivity contribution in [3.8, 4) is 16.9 Å². The van der Waals surface area contributed by atoms with Gasteiger partial charge in [-0.25, -0.2) is 0 Å². The molecule has 0 aliphatic carbocycles. The molecule has 150 valence electrons. The maximum Gasteiger partial charge on any atom is 1.00 e. The van der Waals surface area contributed by atoms with Gasteiger partial charge in [-0.05, 0) is 35.8 Å². The van der Waals surface area contributed by atoms with Gasteiger partial charge in [0.05, 0.1) is 29.7 Å². The second kappa shape index (κ2) is 8.94. The summed E-state index contributed by atoms with van der Waals surface area (Å²) in [7, 11) is 0. The van der Waals surface area contributed by atoms with Crippen LogP contribution in [0.3, 0.4) is 0 Å². The summed E-state index contributed by atoms with van der Waals surface area (Å²) in [6.45, 7) is 3.44. The number of aliphatic carboxylic acids is 1. The Morgan fingerprint density at radius 2 is 1.83 bits per heavy atom. The quantitative estimate of drug-likeness (QED) is 0.463. The number of aliphatic hydroxyl groups is 1. The number of hydrogen-bond acceptors (Lipinski definition) is 5. The summed E-state index contributed by atoms with van der Waals surface area (Å²) < 4.78 is 5.91. The molecular weight excluding hydrogens is 393 g/mol. The zero-order valence-electron chi connectivity index (χ0n) is 17.2. The zero-order valence-corrected chi connectivity index (χ0v) is 19.2. The maximum absolute atomic E-state index is 12.4. The van der Waals surface area contributed by atoms with Crippen molar-refractivity contribution in [2.45, 2.75) is 26.0 Å². The fourth-order valence-electron chi connectivity index (χ4n) is 4.38. The number of β-lactam (4-membered cyclic amide) rings is 1. The Balaban J connectivity index is 0.00000256. The molecule has 0 spiro atoms. The van der Waals surface area contributed by atoms with Crippen LogP contribution in [0.15, 0.2) is 65.9 Å². The topological polar surface area (TPSA) is 89.9 Å². The van der Waals surface area contributed by atoms with E-state index < -0.39 is 18.0 Å². The van der Waals surface area contributed by atoms with Gasteiger partial charge in [0.1, 0.15) is 12.4 Å². The first kappa shape index (κ1) is 22.6. The van der Waals surface area contributed by atoms with E-state index in [1.807, 2.05) is 61.5 Å². The average molecular weight is 415 g/mol. The van der Waals surface area contributed by atoms with Crippen LogP contribution in [0, 0.1) is 11.8 Å². The first-order valence-electron chi connectivity index (χ1n) is 9.64. The molecule has 2 aliphatic heterocycles. The van der Waals surface area contributed by atoms with Crippen LogP contribution < -0.4 is 39.4 Å². The van der Waals surface area contributed by atoms with E-state index in [2.05, 4.69) is 0 Å². The van der Waals surface area contributed by atoms with E-state index in [1.165, 1.54) is 4.90 Å². The number of nitrogens with zero attached hydrogens (tertiary/aromatic N) is 1. The summed E-state index contributed by atoms with van der Waals surface area (Å²) in [6, 6.07) is 17.1. The average Bonchev–Trinajstić information content (AvgIpc) is 2.95. The summed E-state index contributed by atoms with van der Waals surface area (Å²) >= 11 is 0. The number of carboxylic acid groups (broad SMARTS) is 1. The zero-order chi connectivity index (χ0) is 20.7. The number of carbonyl (C=O) groups excluding carboxylic acids is 2. The summed E-state index contributed by atoms with van der Waals surface area (Å²) in [5.41, 5.74) is 2.43. The molecule has 1 N–H and O–H groups in total. The molecule has 0 radical (unpaired) electrons. The number of hydrogen-bond donors (Lipinski definition) is 1. The van der Waals surface area contributed by atoms with Crippen molar-refractivity contribution >= 4 is 11.9 Å². The third kappa shape index (κ3) is 3.81. The molecule has 2 aliphatic rings. The molecule has 0 bridgehead atoms. The van der Waals surface area contributed by atoms with Crippen molar-refractivity contribution in [3.05, 3.63) is 65.9 Å². The van der Waals surface area contributed by atoms with Crippen molar-refractivity contribution in [1.82, 2.24) is 4.90 Å². The van der Waals surface area contributed by atoms with Gasteiger partial charge in [0, 0.05) is 5.92 Å². The molecule has 6 nitrogen and oxygen atoms in total. The smallest absolute Gasteiger partial charge is 0.543 e. The molecule has 2 heterocycles. The van der Waals surface area contributed by atoms with E-state index in [9.17, 15) is 19.8 Å². The molecule has 2 aromatic rings. The molecule has 2 unspecified atom stereocenters. The Bertz CT molecular complexity index is 988. The van der Waals surface area contributed by atoms with Crippen molar-refractivity contribution in [2.75, 3.05) is 6.61 Å². The van der Waals surface area contributed by atoms with Crippen molar-refractivity contribution in [3.63, 3.8) is 0 Å². The fraction of sp³-hybridized carbons (Fsp3) is 0.304. The second-order valence-electron chi connectivity index (χ2n) is 7.60. The van der Waals surface area contributed by atoms with Crippen LogP contribution in [0.1, 0.15) is 13.8 Å². The number of aliphatic hydroxyl groups excluding tert-OH is 1. The van der Waals surface area contributed by atoms with Crippen molar-refractivity contribution < 1.29 is 54.1 Å². The van der Waals surface area contributed by atoms with Crippen LogP contribution in [-0.4, -0.2) is 40.6 Å². The van der Waals surface area contributed by atoms with E-state index in [0.29, 0.717) is 11.3 Å². The van der Waals surface area contributed by atoms with Crippen LogP contribution in [0.5, 0.6) is 5.75 Å². The molecule has 7 heteroatoms. The number of rotatable bonds is 6. The van der Waals surface area contributed by atoms with Gasteiger partial charge in [-0.15, -0.1) is 0 Å². The monoisotopic (exact) mass is 415 g/mol. The molecule has 1 saturated heterocycles. The summed E-state index contributed by atoms with van der Waals surface area (Å²) in [5, 5.41) is 21.6. The largest absolute Gasteiger partial charge is 1.00 e.